The van der Waals surface area contributed by atoms with Gasteiger partial charge in [-0.2, -0.15) is 0 Å². The van der Waals surface area contributed by atoms with Crippen LogP contribution in [0, 0.1) is 0 Å². The van der Waals surface area contributed by atoms with Gasteiger partial charge in [-0.05, 0) is 35.4 Å². The molecule has 29 heavy (non-hydrogen) atoms. The number of imidazole rings is 1. The van der Waals surface area contributed by atoms with Crippen LogP contribution in [0.15, 0.2) is 78.9 Å². The van der Waals surface area contributed by atoms with E-state index >= 15 is 0 Å². The fourth-order valence-electron chi connectivity index (χ4n) is 3.47. The first-order valence-corrected chi connectivity index (χ1v) is 9.94. The summed E-state index contributed by atoms with van der Waals surface area (Å²) in [6.45, 7) is 0.829. The largest absolute Gasteiger partial charge is 0.340 e. The van der Waals surface area contributed by atoms with Crippen molar-refractivity contribution < 1.29 is 4.79 Å². The average Bonchev–Trinajstić information content (AvgIpc) is 3.06. The Labute approximate surface area is 175 Å². The number of rotatable bonds is 6. The van der Waals surface area contributed by atoms with E-state index in [1.165, 1.54) is 0 Å². The summed E-state index contributed by atoms with van der Waals surface area (Å²) in [5.74, 6) is 0.902. The minimum absolute atomic E-state index is 0.0457. The second kappa shape index (κ2) is 8.50. The molecule has 4 rings (SSSR count). The maximum absolute atomic E-state index is 13.0. The van der Waals surface area contributed by atoms with Gasteiger partial charge in [0, 0.05) is 25.0 Å². The fourth-order valence-corrected chi connectivity index (χ4v) is 3.68. The van der Waals surface area contributed by atoms with Crippen molar-refractivity contribution in [1.29, 1.82) is 0 Å². The molecule has 0 radical (unpaired) electrons. The topological polar surface area (TPSA) is 38.1 Å². The van der Waals surface area contributed by atoms with Crippen LogP contribution in [0.25, 0.3) is 11.0 Å². The molecule has 0 fully saturated rings. The number of benzene rings is 3. The maximum Gasteiger partial charge on any atom is 0.242 e. The Morgan fingerprint density at radius 1 is 0.966 bits per heavy atom. The minimum Gasteiger partial charge on any atom is -0.340 e. The lowest BCUT2D eigenvalue weighted by Gasteiger charge is -2.19. The van der Waals surface area contributed by atoms with E-state index in [1.54, 1.807) is 4.90 Å². The van der Waals surface area contributed by atoms with E-state index in [2.05, 4.69) is 0 Å². The van der Waals surface area contributed by atoms with Crippen molar-refractivity contribution in [2.75, 3.05) is 7.05 Å². The molecule has 1 heterocycles. The first-order chi connectivity index (χ1) is 14.1. The van der Waals surface area contributed by atoms with Crippen LogP contribution in [-0.2, 0) is 24.3 Å². The highest BCUT2D eigenvalue weighted by atomic mass is 35.5. The number of hydrogen-bond donors (Lipinski definition) is 0. The predicted molar refractivity (Wildman–Crippen MR) is 117 cm³/mol. The Balaban J connectivity index is 1.60. The molecule has 0 unspecified atom stereocenters. The third kappa shape index (κ3) is 4.49. The van der Waals surface area contributed by atoms with E-state index in [0.717, 1.165) is 28.0 Å². The van der Waals surface area contributed by atoms with Crippen molar-refractivity contribution in [3.63, 3.8) is 0 Å². The number of likely N-dealkylation sites (N-methyl/N-ethyl adjacent to an activating group) is 1. The van der Waals surface area contributed by atoms with Gasteiger partial charge in [-0.1, -0.05) is 66.2 Å². The lowest BCUT2D eigenvalue weighted by atomic mass is 10.1. The van der Waals surface area contributed by atoms with E-state index in [9.17, 15) is 4.79 Å². The quantitative estimate of drug-likeness (QED) is 0.457. The highest BCUT2D eigenvalue weighted by Crippen LogP contribution is 2.20. The van der Waals surface area contributed by atoms with Gasteiger partial charge >= 0.3 is 0 Å². The van der Waals surface area contributed by atoms with Crippen molar-refractivity contribution in [2.45, 2.75) is 19.5 Å². The number of fused-ring (bicyclic) bond motifs is 1. The summed E-state index contributed by atoms with van der Waals surface area (Å²) >= 11 is 6.14. The van der Waals surface area contributed by atoms with Gasteiger partial charge in [0.05, 0.1) is 11.0 Å². The molecule has 146 valence electrons. The van der Waals surface area contributed by atoms with Crippen molar-refractivity contribution in [3.8, 4) is 0 Å². The molecule has 0 N–H and O–H groups in total. The van der Waals surface area contributed by atoms with Gasteiger partial charge < -0.3 is 9.47 Å². The van der Waals surface area contributed by atoms with Crippen molar-refractivity contribution in [1.82, 2.24) is 14.5 Å². The molecule has 0 saturated carbocycles. The average molecular weight is 404 g/mol. The lowest BCUT2D eigenvalue weighted by molar-refractivity contribution is -0.131. The van der Waals surface area contributed by atoms with Gasteiger partial charge in [0.2, 0.25) is 5.91 Å². The summed E-state index contributed by atoms with van der Waals surface area (Å²) in [5, 5.41) is 0.698. The second-order valence-corrected chi connectivity index (χ2v) is 7.58. The molecule has 0 aliphatic rings. The number of carbonyl (C=O) groups is 1. The molecule has 0 saturated heterocycles. The SMILES string of the molecule is CN(Cc1ccccc1)C(=O)Cn1c(Cc2cccc(Cl)c2)nc2ccccc21. The number of halogens is 1. The van der Waals surface area contributed by atoms with Crippen LogP contribution in [-0.4, -0.2) is 27.4 Å². The third-order valence-corrected chi connectivity index (χ3v) is 5.20. The van der Waals surface area contributed by atoms with Crippen molar-refractivity contribution in [2.24, 2.45) is 0 Å². The second-order valence-electron chi connectivity index (χ2n) is 7.14. The number of hydrogen-bond acceptors (Lipinski definition) is 2. The van der Waals surface area contributed by atoms with E-state index in [0.29, 0.717) is 18.0 Å². The molecular weight excluding hydrogens is 382 g/mol. The van der Waals surface area contributed by atoms with Crippen LogP contribution in [0.1, 0.15) is 17.0 Å². The van der Waals surface area contributed by atoms with Gasteiger partial charge in [-0.3, -0.25) is 4.79 Å². The molecule has 1 aromatic heterocycles. The molecular formula is C24H22ClN3O. The maximum atomic E-state index is 13.0. The zero-order valence-electron chi connectivity index (χ0n) is 16.3. The highest BCUT2D eigenvalue weighted by molar-refractivity contribution is 6.30. The van der Waals surface area contributed by atoms with E-state index in [4.69, 9.17) is 16.6 Å². The zero-order chi connectivity index (χ0) is 20.2. The van der Waals surface area contributed by atoms with Gasteiger partial charge in [0.1, 0.15) is 12.4 Å². The molecule has 1 amide bonds. The van der Waals surface area contributed by atoms with Crippen LogP contribution in [0.3, 0.4) is 0 Å². The Kier molecular flexibility index (Phi) is 5.63. The van der Waals surface area contributed by atoms with Crippen LogP contribution in [0.5, 0.6) is 0 Å². The molecule has 4 nitrogen and oxygen atoms in total. The summed E-state index contributed by atoms with van der Waals surface area (Å²) in [5.41, 5.74) is 4.03. The Morgan fingerprint density at radius 3 is 2.48 bits per heavy atom. The van der Waals surface area contributed by atoms with Gasteiger partial charge in [0.15, 0.2) is 0 Å². The Morgan fingerprint density at radius 2 is 1.69 bits per heavy atom. The summed E-state index contributed by atoms with van der Waals surface area (Å²) < 4.78 is 2.01. The predicted octanol–water partition coefficient (Wildman–Crippen LogP) is 4.94. The number of carbonyl (C=O) groups excluding carboxylic acids is 1. The molecule has 0 aliphatic carbocycles. The highest BCUT2D eigenvalue weighted by Gasteiger charge is 2.16. The first kappa shape index (κ1) is 19.2. The molecule has 0 atom stereocenters. The monoisotopic (exact) mass is 403 g/mol. The van der Waals surface area contributed by atoms with Crippen LogP contribution in [0.2, 0.25) is 5.02 Å². The zero-order valence-corrected chi connectivity index (χ0v) is 17.0. The van der Waals surface area contributed by atoms with Gasteiger partial charge in [0.25, 0.3) is 0 Å². The molecule has 5 heteroatoms. The Hall–Kier alpha value is -3.11. The van der Waals surface area contributed by atoms with Crippen molar-refractivity contribution >= 4 is 28.5 Å². The molecule has 3 aromatic carbocycles. The normalized spacial score (nSPS) is 11.0. The summed E-state index contributed by atoms with van der Waals surface area (Å²) in [7, 11) is 1.84. The number of nitrogens with zero attached hydrogens (tertiary/aromatic N) is 3. The van der Waals surface area contributed by atoms with Gasteiger partial charge in [-0.25, -0.2) is 4.98 Å². The minimum atomic E-state index is 0.0457. The fraction of sp³-hybridized carbons (Fsp3) is 0.167. The molecule has 0 aliphatic heterocycles. The van der Waals surface area contributed by atoms with Crippen LogP contribution >= 0.6 is 11.6 Å². The van der Waals surface area contributed by atoms with Crippen LogP contribution in [0.4, 0.5) is 0 Å². The summed E-state index contributed by atoms with van der Waals surface area (Å²) in [6.07, 6.45) is 0.616. The number of para-hydroxylation sites is 2. The Bertz CT molecular complexity index is 1140. The van der Waals surface area contributed by atoms with E-state index < -0.39 is 0 Å². The molecule has 4 aromatic rings. The summed E-state index contributed by atoms with van der Waals surface area (Å²) in [6, 6.07) is 25.7. The standard InChI is InChI=1S/C24H22ClN3O/c1-27(16-18-8-3-2-4-9-18)24(29)17-28-22-13-6-5-12-21(22)26-23(28)15-19-10-7-11-20(25)14-19/h2-14H,15-17H2,1H3. The lowest BCUT2D eigenvalue weighted by Crippen LogP contribution is -2.30. The van der Waals surface area contributed by atoms with Crippen molar-refractivity contribution in [3.05, 3.63) is 101 Å². The number of aromatic nitrogens is 2. The van der Waals surface area contributed by atoms with E-state index in [1.807, 2.05) is 90.5 Å². The number of amides is 1. The van der Waals surface area contributed by atoms with Crippen LogP contribution < -0.4 is 0 Å². The smallest absolute Gasteiger partial charge is 0.242 e. The third-order valence-electron chi connectivity index (χ3n) is 4.97. The van der Waals surface area contributed by atoms with Gasteiger partial charge in [-0.15, -0.1) is 0 Å². The molecule has 0 bridgehead atoms. The van der Waals surface area contributed by atoms with E-state index in [-0.39, 0.29) is 12.5 Å². The first-order valence-electron chi connectivity index (χ1n) is 9.56. The molecule has 0 spiro atoms. The summed E-state index contributed by atoms with van der Waals surface area (Å²) in [4.78, 5) is 19.5.